The molecule has 1 rings (SSSR count). The van der Waals surface area contributed by atoms with Gasteiger partial charge in [-0.05, 0) is 0 Å². The molecule has 0 bridgehead atoms. The van der Waals surface area contributed by atoms with E-state index in [4.69, 9.17) is 0 Å². The maximum Gasteiger partial charge on any atom is 0.358 e. The molecule has 0 atom stereocenters. The minimum absolute atomic E-state index is 0.0903. The molecule has 5 heteroatoms. The van der Waals surface area contributed by atoms with E-state index in [1.807, 2.05) is 0 Å². The van der Waals surface area contributed by atoms with Crippen LogP contribution in [0.4, 0.5) is 0 Å². The van der Waals surface area contributed by atoms with E-state index < -0.39 is 5.97 Å². The number of aldehydes is 1. The summed E-state index contributed by atoms with van der Waals surface area (Å²) >= 11 is 1.11. The van der Waals surface area contributed by atoms with Crippen molar-refractivity contribution in [3.63, 3.8) is 0 Å². The van der Waals surface area contributed by atoms with E-state index in [1.54, 1.807) is 0 Å². The zero-order valence-corrected chi connectivity index (χ0v) is 6.55. The van der Waals surface area contributed by atoms with Crippen molar-refractivity contribution in [3.8, 4) is 0 Å². The second kappa shape index (κ2) is 3.25. The van der Waals surface area contributed by atoms with Crippen LogP contribution in [0.1, 0.15) is 20.2 Å². The molecule has 0 aliphatic carbocycles. The van der Waals surface area contributed by atoms with Gasteiger partial charge in [-0.25, -0.2) is 9.78 Å². The molecule has 1 aromatic heterocycles. The molecule has 0 unspecified atom stereocenters. The van der Waals surface area contributed by atoms with Crippen molar-refractivity contribution in [1.82, 2.24) is 4.98 Å². The molecular formula is C6H5NO3S. The van der Waals surface area contributed by atoms with Crippen LogP contribution in [0.5, 0.6) is 0 Å². The maximum absolute atomic E-state index is 10.8. The number of methoxy groups -OCH3 is 1. The van der Waals surface area contributed by atoms with Gasteiger partial charge in [0.25, 0.3) is 0 Å². The Balaban J connectivity index is 3.01. The van der Waals surface area contributed by atoms with Crippen LogP contribution < -0.4 is 0 Å². The highest BCUT2D eigenvalue weighted by Crippen LogP contribution is 2.10. The summed E-state index contributed by atoms with van der Waals surface area (Å²) in [6.45, 7) is 0. The van der Waals surface area contributed by atoms with Crippen molar-refractivity contribution in [2.24, 2.45) is 0 Å². The van der Waals surface area contributed by atoms with E-state index in [2.05, 4.69) is 9.72 Å². The molecule has 0 aliphatic rings. The number of esters is 1. The van der Waals surface area contributed by atoms with Gasteiger partial charge in [0.1, 0.15) is 4.88 Å². The van der Waals surface area contributed by atoms with Crippen LogP contribution in [-0.4, -0.2) is 24.3 Å². The Morgan fingerprint density at radius 3 is 3.09 bits per heavy atom. The average molecular weight is 171 g/mol. The lowest BCUT2D eigenvalue weighted by molar-refractivity contribution is 0.0592. The number of hydrogen-bond acceptors (Lipinski definition) is 5. The van der Waals surface area contributed by atoms with Gasteiger partial charge < -0.3 is 4.74 Å². The molecule has 0 fully saturated rings. The number of rotatable bonds is 2. The van der Waals surface area contributed by atoms with E-state index in [1.165, 1.54) is 12.6 Å². The van der Waals surface area contributed by atoms with Crippen LogP contribution >= 0.6 is 11.3 Å². The summed E-state index contributed by atoms with van der Waals surface area (Å²) in [5, 5.41) is 0. The molecule has 0 amide bonds. The first-order valence-electron chi connectivity index (χ1n) is 2.76. The highest BCUT2D eigenvalue weighted by molar-refractivity contribution is 7.11. The van der Waals surface area contributed by atoms with Gasteiger partial charge in [-0.3, -0.25) is 4.79 Å². The van der Waals surface area contributed by atoms with E-state index in [0.717, 1.165) is 11.3 Å². The third-order valence-corrected chi connectivity index (χ3v) is 1.83. The van der Waals surface area contributed by atoms with Gasteiger partial charge in [0.05, 0.1) is 12.6 Å². The Hall–Kier alpha value is -1.23. The summed E-state index contributed by atoms with van der Waals surface area (Å²) in [6.07, 6.45) is 0.587. The molecule has 11 heavy (non-hydrogen) atoms. The number of hydrogen-bond donors (Lipinski definition) is 0. The molecule has 0 spiro atoms. The Labute approximate surface area is 66.8 Å². The average Bonchev–Trinajstić information content (AvgIpc) is 2.50. The van der Waals surface area contributed by atoms with Crippen LogP contribution in [0.3, 0.4) is 0 Å². The topological polar surface area (TPSA) is 56.3 Å². The summed E-state index contributed by atoms with van der Waals surface area (Å²) in [5.41, 5.74) is 1.52. The number of aromatic nitrogens is 1. The first-order chi connectivity index (χ1) is 5.29. The van der Waals surface area contributed by atoms with Gasteiger partial charge in [0.15, 0.2) is 12.0 Å². The van der Waals surface area contributed by atoms with Crippen molar-refractivity contribution in [1.29, 1.82) is 0 Å². The van der Waals surface area contributed by atoms with Crippen LogP contribution in [0, 0.1) is 0 Å². The van der Waals surface area contributed by atoms with Gasteiger partial charge >= 0.3 is 5.97 Å². The largest absolute Gasteiger partial charge is 0.464 e. The Kier molecular flexibility index (Phi) is 2.32. The second-order valence-electron chi connectivity index (χ2n) is 1.67. The molecule has 1 aromatic rings. The number of ether oxygens (including phenoxy) is 1. The first-order valence-corrected chi connectivity index (χ1v) is 3.64. The van der Waals surface area contributed by atoms with Gasteiger partial charge in [-0.15, -0.1) is 11.3 Å². The SMILES string of the molecule is COC(=O)c1ncsc1C=O. The monoisotopic (exact) mass is 171 g/mol. The molecule has 0 aliphatic heterocycles. The predicted molar refractivity (Wildman–Crippen MR) is 38.8 cm³/mol. The van der Waals surface area contributed by atoms with Crippen LogP contribution in [-0.2, 0) is 4.74 Å². The third kappa shape index (κ3) is 1.43. The van der Waals surface area contributed by atoms with Gasteiger partial charge in [0.2, 0.25) is 0 Å². The Morgan fingerprint density at radius 1 is 1.82 bits per heavy atom. The zero-order valence-electron chi connectivity index (χ0n) is 5.73. The highest BCUT2D eigenvalue weighted by atomic mass is 32.1. The van der Waals surface area contributed by atoms with E-state index >= 15 is 0 Å². The van der Waals surface area contributed by atoms with Crippen molar-refractivity contribution in [2.75, 3.05) is 7.11 Å². The summed E-state index contributed by atoms with van der Waals surface area (Å²) in [7, 11) is 1.25. The quantitative estimate of drug-likeness (QED) is 0.486. The lowest BCUT2D eigenvalue weighted by Gasteiger charge is -1.92. The molecule has 0 aromatic carbocycles. The maximum atomic E-state index is 10.8. The van der Waals surface area contributed by atoms with Crippen molar-refractivity contribution < 1.29 is 14.3 Å². The first kappa shape index (κ1) is 7.87. The lowest BCUT2D eigenvalue weighted by Crippen LogP contribution is -2.03. The summed E-state index contributed by atoms with van der Waals surface area (Å²) in [4.78, 5) is 25.1. The van der Waals surface area contributed by atoms with Crippen molar-refractivity contribution in [2.45, 2.75) is 0 Å². The minimum Gasteiger partial charge on any atom is -0.464 e. The molecule has 1 heterocycles. The van der Waals surface area contributed by atoms with Crippen LogP contribution in [0.2, 0.25) is 0 Å². The van der Waals surface area contributed by atoms with Gasteiger partial charge in [-0.2, -0.15) is 0 Å². The van der Waals surface area contributed by atoms with Gasteiger partial charge in [0, 0.05) is 0 Å². The summed E-state index contributed by atoms with van der Waals surface area (Å²) in [6, 6.07) is 0. The molecular weight excluding hydrogens is 166 g/mol. The van der Waals surface area contributed by atoms with E-state index in [9.17, 15) is 9.59 Å². The van der Waals surface area contributed by atoms with E-state index in [-0.39, 0.29) is 5.69 Å². The fourth-order valence-electron chi connectivity index (χ4n) is 0.589. The van der Waals surface area contributed by atoms with E-state index in [0.29, 0.717) is 11.2 Å². The fourth-order valence-corrected chi connectivity index (χ4v) is 1.16. The number of thiazole rings is 1. The van der Waals surface area contributed by atoms with Crippen molar-refractivity contribution >= 4 is 23.6 Å². The number of nitrogens with zero attached hydrogens (tertiary/aromatic N) is 1. The molecule has 0 saturated heterocycles. The molecule has 0 radical (unpaired) electrons. The summed E-state index contributed by atoms with van der Waals surface area (Å²) in [5.74, 6) is -0.576. The molecule has 0 saturated carbocycles. The fraction of sp³-hybridized carbons (Fsp3) is 0.167. The summed E-state index contributed by atoms with van der Waals surface area (Å²) < 4.78 is 4.38. The Morgan fingerprint density at radius 2 is 2.55 bits per heavy atom. The molecule has 4 nitrogen and oxygen atoms in total. The standard InChI is InChI=1S/C6H5NO3S/c1-10-6(9)5-4(2-8)11-3-7-5/h2-3H,1H3. The normalized spacial score (nSPS) is 9.18. The number of carbonyl (C=O) groups is 2. The third-order valence-electron chi connectivity index (χ3n) is 1.08. The highest BCUT2D eigenvalue weighted by Gasteiger charge is 2.13. The molecule has 0 N–H and O–H groups in total. The zero-order chi connectivity index (χ0) is 8.27. The second-order valence-corrected chi connectivity index (χ2v) is 2.56. The van der Waals surface area contributed by atoms with Gasteiger partial charge in [-0.1, -0.05) is 0 Å². The Bertz CT molecular complexity index is 281. The lowest BCUT2D eigenvalue weighted by atomic mass is 10.4. The van der Waals surface area contributed by atoms with Crippen LogP contribution in [0.25, 0.3) is 0 Å². The predicted octanol–water partition coefficient (Wildman–Crippen LogP) is 0.742. The minimum atomic E-state index is -0.576. The smallest absolute Gasteiger partial charge is 0.358 e. The number of carbonyl (C=O) groups excluding carboxylic acids is 2. The van der Waals surface area contributed by atoms with Crippen LogP contribution in [0.15, 0.2) is 5.51 Å². The molecule has 58 valence electrons. The van der Waals surface area contributed by atoms with Crippen molar-refractivity contribution in [3.05, 3.63) is 16.1 Å².